The number of aliphatic hydroxyl groups excluding tert-OH is 2. The first kappa shape index (κ1) is 23.4. The minimum Gasteiger partial charge on any atom is -0.396 e. The maximum Gasteiger partial charge on any atom is 0.0594 e. The van der Waals surface area contributed by atoms with Crippen LogP contribution in [0.15, 0.2) is 12.2 Å². The normalized spacial score (nSPS) is 56.5. The van der Waals surface area contributed by atoms with Crippen molar-refractivity contribution >= 4 is 0 Å². The zero-order chi connectivity index (χ0) is 23.3. The zero-order valence-electron chi connectivity index (χ0n) is 21.8. The number of aliphatic hydroxyl groups is 2. The third kappa shape index (κ3) is 2.66. The Morgan fingerprint density at radius 1 is 0.812 bits per heavy atom. The first-order valence-electron chi connectivity index (χ1n) is 13.8. The number of hydrogen-bond donors (Lipinski definition) is 2. The molecule has 2 heteroatoms. The topological polar surface area (TPSA) is 40.5 Å². The molecule has 5 aliphatic carbocycles. The Hall–Kier alpha value is -0.340. The highest BCUT2D eigenvalue weighted by atomic mass is 16.3. The van der Waals surface area contributed by atoms with E-state index < -0.39 is 0 Å². The monoisotopic (exact) mass is 442 g/mol. The average Bonchev–Trinajstić information content (AvgIpc) is 3.12. The second-order valence-electron chi connectivity index (χ2n) is 14.6. The van der Waals surface area contributed by atoms with E-state index in [0.29, 0.717) is 40.6 Å². The Labute approximate surface area is 197 Å². The van der Waals surface area contributed by atoms with Crippen molar-refractivity contribution < 1.29 is 10.2 Å². The molecule has 0 radical (unpaired) electrons. The molecule has 0 heterocycles. The molecule has 5 fully saturated rings. The van der Waals surface area contributed by atoms with Gasteiger partial charge in [0.1, 0.15) is 0 Å². The van der Waals surface area contributed by atoms with Crippen LogP contribution in [-0.4, -0.2) is 22.9 Å². The maximum atomic E-state index is 10.9. The number of allylic oxidation sites excluding steroid dienone is 1. The van der Waals surface area contributed by atoms with Gasteiger partial charge in [0.15, 0.2) is 0 Å². The second kappa shape index (κ2) is 7.09. The largest absolute Gasteiger partial charge is 0.396 e. The molecule has 0 saturated heterocycles. The summed E-state index contributed by atoms with van der Waals surface area (Å²) >= 11 is 0. The van der Waals surface area contributed by atoms with E-state index in [1.54, 1.807) is 0 Å². The molecule has 0 amide bonds. The van der Waals surface area contributed by atoms with Gasteiger partial charge in [0.2, 0.25) is 0 Å². The SMILES string of the molecule is C=C(C)[C@@H]1CC[C@]2(CO)CC[C@]3(C)[C@H](CC[C@H]4[C@@]5(C)CC[C@@H](O)C(C)(C)[C@@H]5CC[C@]43C)[C@@H]12. The molecule has 32 heavy (non-hydrogen) atoms. The lowest BCUT2D eigenvalue weighted by molar-refractivity contribution is -0.249. The molecular formula is C30H50O2. The summed E-state index contributed by atoms with van der Waals surface area (Å²) < 4.78 is 0. The molecule has 5 saturated carbocycles. The molecule has 0 spiro atoms. The minimum absolute atomic E-state index is 0.0290. The zero-order valence-corrected chi connectivity index (χ0v) is 21.8. The molecule has 2 nitrogen and oxygen atoms in total. The van der Waals surface area contributed by atoms with Gasteiger partial charge in [-0.15, -0.1) is 0 Å². The fourth-order valence-electron chi connectivity index (χ4n) is 11.5. The van der Waals surface area contributed by atoms with Crippen LogP contribution in [0.5, 0.6) is 0 Å². The summed E-state index contributed by atoms with van der Waals surface area (Å²) in [6, 6.07) is 0. The molecule has 0 aromatic rings. The van der Waals surface area contributed by atoms with Gasteiger partial charge in [-0.05, 0) is 128 Å². The summed E-state index contributed by atoms with van der Waals surface area (Å²) in [6.45, 7) is 19.7. The molecule has 0 aromatic heterocycles. The molecular weight excluding hydrogens is 392 g/mol. The van der Waals surface area contributed by atoms with Gasteiger partial charge in [0.25, 0.3) is 0 Å². The minimum atomic E-state index is -0.147. The van der Waals surface area contributed by atoms with E-state index in [4.69, 9.17) is 0 Å². The molecule has 10 atom stereocenters. The van der Waals surface area contributed by atoms with E-state index in [2.05, 4.69) is 48.1 Å². The van der Waals surface area contributed by atoms with Gasteiger partial charge in [-0.2, -0.15) is 0 Å². The number of fused-ring (bicyclic) bond motifs is 7. The summed E-state index contributed by atoms with van der Waals surface area (Å²) in [5.74, 6) is 3.33. The van der Waals surface area contributed by atoms with Crippen LogP contribution in [0.3, 0.4) is 0 Å². The number of hydrogen-bond acceptors (Lipinski definition) is 2. The standard InChI is InChI=1S/C30H50O2/c1-19(2)20-10-15-30(18-31)17-16-28(6)21(25(20)30)8-9-23-27(5)13-12-24(32)26(3,4)22(27)11-14-29(23,28)7/h20-25,31-32H,1,8-18H2,2-7H3/t20-,21+,22-,23-,24+,25+,27-,28+,29+,30+/m0/s1. The van der Waals surface area contributed by atoms with Crippen LogP contribution >= 0.6 is 0 Å². The van der Waals surface area contributed by atoms with Crippen LogP contribution in [0.25, 0.3) is 0 Å². The van der Waals surface area contributed by atoms with Crippen LogP contribution < -0.4 is 0 Å². The van der Waals surface area contributed by atoms with Gasteiger partial charge in [-0.3, -0.25) is 0 Å². The molecule has 0 unspecified atom stereocenters. The molecule has 0 bridgehead atoms. The molecule has 0 aromatic carbocycles. The van der Waals surface area contributed by atoms with Crippen molar-refractivity contribution in [2.75, 3.05) is 6.61 Å². The lowest BCUT2D eigenvalue weighted by Crippen LogP contribution is -2.66. The third-order valence-corrected chi connectivity index (χ3v) is 13.5. The van der Waals surface area contributed by atoms with Crippen LogP contribution in [0.4, 0.5) is 0 Å². The maximum absolute atomic E-state index is 10.9. The van der Waals surface area contributed by atoms with Gasteiger partial charge in [-0.1, -0.05) is 46.8 Å². The molecule has 5 rings (SSSR count). The first-order valence-corrected chi connectivity index (χ1v) is 13.8. The van der Waals surface area contributed by atoms with Gasteiger partial charge < -0.3 is 10.2 Å². The average molecular weight is 443 g/mol. The van der Waals surface area contributed by atoms with E-state index in [1.807, 2.05) is 0 Å². The summed E-state index contributed by atoms with van der Waals surface area (Å²) in [7, 11) is 0. The van der Waals surface area contributed by atoms with Crippen molar-refractivity contribution in [2.45, 2.75) is 112 Å². The van der Waals surface area contributed by atoms with Gasteiger partial charge in [0, 0.05) is 6.61 Å². The molecule has 5 aliphatic rings. The fraction of sp³-hybridized carbons (Fsp3) is 0.933. The highest BCUT2D eigenvalue weighted by molar-refractivity contribution is 5.21. The van der Waals surface area contributed by atoms with E-state index in [1.165, 1.54) is 63.4 Å². The number of rotatable bonds is 2. The Morgan fingerprint density at radius 3 is 2.19 bits per heavy atom. The lowest BCUT2D eigenvalue weighted by atomic mass is 9.32. The highest BCUT2D eigenvalue weighted by Crippen LogP contribution is 2.77. The van der Waals surface area contributed by atoms with Crippen molar-refractivity contribution in [1.29, 1.82) is 0 Å². The highest BCUT2D eigenvalue weighted by Gasteiger charge is 2.70. The Morgan fingerprint density at radius 2 is 1.53 bits per heavy atom. The van der Waals surface area contributed by atoms with E-state index in [0.717, 1.165) is 18.3 Å². The first-order chi connectivity index (χ1) is 14.9. The van der Waals surface area contributed by atoms with Crippen molar-refractivity contribution in [3.05, 3.63) is 12.2 Å². The molecule has 0 aliphatic heterocycles. The Bertz CT molecular complexity index is 786. The van der Waals surface area contributed by atoms with Crippen LogP contribution in [0.2, 0.25) is 0 Å². The van der Waals surface area contributed by atoms with E-state index >= 15 is 0 Å². The predicted molar refractivity (Wildman–Crippen MR) is 132 cm³/mol. The quantitative estimate of drug-likeness (QED) is 0.452. The van der Waals surface area contributed by atoms with Crippen LogP contribution in [0.1, 0.15) is 106 Å². The van der Waals surface area contributed by atoms with Crippen molar-refractivity contribution in [2.24, 2.45) is 56.7 Å². The predicted octanol–water partition coefficient (Wildman–Crippen LogP) is 7.00. The summed E-state index contributed by atoms with van der Waals surface area (Å²) in [5.41, 5.74) is 2.60. The lowest BCUT2D eigenvalue weighted by Gasteiger charge is -2.73. The van der Waals surface area contributed by atoms with Gasteiger partial charge in [-0.25, -0.2) is 0 Å². The summed E-state index contributed by atoms with van der Waals surface area (Å²) in [4.78, 5) is 0. The molecule has 2 N–H and O–H groups in total. The Kier molecular flexibility index (Phi) is 5.19. The third-order valence-electron chi connectivity index (χ3n) is 13.5. The van der Waals surface area contributed by atoms with Crippen molar-refractivity contribution in [3.63, 3.8) is 0 Å². The van der Waals surface area contributed by atoms with Gasteiger partial charge in [0.05, 0.1) is 6.10 Å². The van der Waals surface area contributed by atoms with Crippen molar-refractivity contribution in [1.82, 2.24) is 0 Å². The van der Waals surface area contributed by atoms with Crippen LogP contribution in [-0.2, 0) is 0 Å². The Balaban J connectivity index is 1.55. The van der Waals surface area contributed by atoms with E-state index in [9.17, 15) is 10.2 Å². The smallest absolute Gasteiger partial charge is 0.0594 e. The van der Waals surface area contributed by atoms with E-state index in [-0.39, 0.29) is 16.9 Å². The fourth-order valence-corrected chi connectivity index (χ4v) is 11.5. The van der Waals surface area contributed by atoms with Crippen molar-refractivity contribution in [3.8, 4) is 0 Å². The van der Waals surface area contributed by atoms with Crippen LogP contribution in [0, 0.1) is 56.7 Å². The summed E-state index contributed by atoms with van der Waals surface area (Å²) in [5, 5.41) is 21.5. The molecule has 182 valence electrons. The van der Waals surface area contributed by atoms with Gasteiger partial charge >= 0.3 is 0 Å². The summed E-state index contributed by atoms with van der Waals surface area (Å²) in [6.07, 6.45) is 12.2. The second-order valence-corrected chi connectivity index (χ2v) is 14.6.